The highest BCUT2D eigenvalue weighted by Crippen LogP contribution is 2.42. The zero-order valence-corrected chi connectivity index (χ0v) is 20.7. The van der Waals surface area contributed by atoms with Gasteiger partial charge in [-0.2, -0.15) is 4.68 Å². The Morgan fingerprint density at radius 3 is 2.48 bits per heavy atom. The molecule has 2 rings (SSSR count). The molecule has 12 heteroatoms. The molecule has 2 unspecified atom stereocenters. The monoisotopic (exact) mass is 481 g/mol. The number of aromatic nitrogens is 3. The van der Waals surface area contributed by atoms with Crippen LogP contribution in [0, 0.1) is 15.9 Å². The Hall–Kier alpha value is -2.86. The lowest BCUT2D eigenvalue weighted by molar-refractivity contribution is -0.839. The summed E-state index contributed by atoms with van der Waals surface area (Å²) in [5, 5.41) is 14.8. The normalized spacial score (nSPS) is 14.4. The number of rotatable bonds is 9. The second-order valence-electron chi connectivity index (χ2n) is 8.75. The number of quaternary nitrogens is 1. The molecule has 0 aliphatic heterocycles. The molecule has 2 aromatic rings. The van der Waals surface area contributed by atoms with Crippen LogP contribution in [0.2, 0.25) is 0 Å². The van der Waals surface area contributed by atoms with Gasteiger partial charge >= 0.3 is 12.4 Å². The van der Waals surface area contributed by atoms with Crippen LogP contribution in [0.4, 0.5) is 14.9 Å². The summed E-state index contributed by atoms with van der Waals surface area (Å²) in [7, 11) is 4.78. The van der Waals surface area contributed by atoms with Crippen LogP contribution in [0.1, 0.15) is 50.9 Å². The number of hydrogen-bond donors (Lipinski definition) is 0. The number of hydrogen-bond acceptors (Lipinski definition) is 7. The van der Waals surface area contributed by atoms with E-state index in [9.17, 15) is 19.7 Å². The highest BCUT2D eigenvalue weighted by molar-refractivity contribution is 7.99. The highest BCUT2D eigenvalue weighted by atomic mass is 32.2. The van der Waals surface area contributed by atoms with E-state index < -0.39 is 33.2 Å². The lowest BCUT2D eigenvalue weighted by Crippen LogP contribution is -2.45. The molecule has 0 aliphatic carbocycles. The number of benzene rings is 1. The van der Waals surface area contributed by atoms with Gasteiger partial charge in [-0.05, 0) is 31.2 Å². The molecule has 0 saturated heterocycles. The van der Waals surface area contributed by atoms with Gasteiger partial charge in [-0.3, -0.25) is 14.6 Å². The standard InChI is InChI=1S/C21H30FN6O4S/c1-8-21(3,4)18-23-19(26(24-18)20(30)25(5)6)33-17(28(7,9-2)13-29)15-11-10-14(27(31)32)12-16(15)22/h10-13,17H,8-9H2,1-7H3/q+1. The minimum absolute atomic E-state index is 0.0882. The van der Waals surface area contributed by atoms with Gasteiger partial charge in [0.05, 0.1) is 30.1 Å². The Labute approximate surface area is 196 Å². The maximum atomic E-state index is 15.0. The lowest BCUT2D eigenvalue weighted by Gasteiger charge is -2.34. The minimum Gasteiger partial charge on any atom is -0.329 e. The van der Waals surface area contributed by atoms with Crippen molar-refractivity contribution in [1.82, 2.24) is 19.7 Å². The molecule has 2 atom stereocenters. The summed E-state index contributed by atoms with van der Waals surface area (Å²) in [5.74, 6) is -0.372. The van der Waals surface area contributed by atoms with E-state index in [4.69, 9.17) is 0 Å². The molecule has 1 aromatic heterocycles. The first-order valence-electron chi connectivity index (χ1n) is 10.4. The molecule has 180 valence electrons. The van der Waals surface area contributed by atoms with Crippen LogP contribution >= 0.6 is 11.8 Å². The van der Waals surface area contributed by atoms with Gasteiger partial charge in [-0.1, -0.05) is 20.8 Å². The summed E-state index contributed by atoms with van der Waals surface area (Å²) < 4.78 is 15.9. The van der Waals surface area contributed by atoms with E-state index in [0.29, 0.717) is 18.8 Å². The molecule has 1 heterocycles. The third-order valence-electron chi connectivity index (χ3n) is 5.77. The summed E-state index contributed by atoms with van der Waals surface area (Å²) >= 11 is 1.02. The number of nitro benzene ring substituents is 1. The molecule has 1 aromatic carbocycles. The van der Waals surface area contributed by atoms with Crippen LogP contribution in [0.15, 0.2) is 23.4 Å². The summed E-state index contributed by atoms with van der Waals surface area (Å²) in [6.45, 7) is 7.96. The molecule has 0 N–H and O–H groups in total. The Kier molecular flexibility index (Phi) is 7.96. The Morgan fingerprint density at radius 2 is 2.03 bits per heavy atom. The van der Waals surface area contributed by atoms with E-state index in [1.54, 1.807) is 28.1 Å². The summed E-state index contributed by atoms with van der Waals surface area (Å²) in [6.07, 6.45) is 1.40. The van der Waals surface area contributed by atoms with Crippen LogP contribution in [0.25, 0.3) is 0 Å². The first-order chi connectivity index (χ1) is 15.3. The van der Waals surface area contributed by atoms with E-state index in [1.807, 2.05) is 20.8 Å². The topological polar surface area (TPSA) is 111 Å². The fourth-order valence-corrected chi connectivity index (χ4v) is 4.18. The van der Waals surface area contributed by atoms with E-state index in [2.05, 4.69) is 10.1 Å². The molecule has 33 heavy (non-hydrogen) atoms. The second kappa shape index (κ2) is 9.96. The smallest absolute Gasteiger partial charge is 0.329 e. The fraction of sp³-hybridized carbons (Fsp3) is 0.524. The minimum atomic E-state index is -0.871. The summed E-state index contributed by atoms with van der Waals surface area (Å²) in [5.41, 5.74) is -0.727. The summed E-state index contributed by atoms with van der Waals surface area (Å²) in [6, 6.07) is 2.88. The zero-order valence-electron chi connectivity index (χ0n) is 19.9. The maximum absolute atomic E-state index is 15.0. The van der Waals surface area contributed by atoms with E-state index in [1.165, 1.54) is 17.0 Å². The molecule has 2 amide bonds. The van der Waals surface area contributed by atoms with Crippen molar-refractivity contribution < 1.29 is 23.4 Å². The number of nitrogens with zero attached hydrogens (tertiary/aromatic N) is 6. The molecular formula is C21H30FN6O4S+. The molecule has 0 saturated carbocycles. The van der Waals surface area contributed by atoms with Gasteiger partial charge in [0.25, 0.3) is 5.69 Å². The van der Waals surface area contributed by atoms with Gasteiger partial charge in [0.2, 0.25) is 5.16 Å². The highest BCUT2D eigenvalue weighted by Gasteiger charge is 2.39. The van der Waals surface area contributed by atoms with Crippen molar-refractivity contribution in [2.24, 2.45) is 0 Å². The number of nitro groups is 1. The summed E-state index contributed by atoms with van der Waals surface area (Å²) in [4.78, 5) is 41.2. The van der Waals surface area contributed by atoms with Gasteiger partial charge in [0.1, 0.15) is 5.82 Å². The van der Waals surface area contributed by atoms with Crippen LogP contribution in [-0.4, -0.2) is 69.2 Å². The Morgan fingerprint density at radius 1 is 1.39 bits per heavy atom. The number of non-ortho nitro benzene ring substituents is 1. The van der Waals surface area contributed by atoms with Crippen molar-refractivity contribution in [3.63, 3.8) is 0 Å². The largest absolute Gasteiger partial charge is 0.346 e. The van der Waals surface area contributed by atoms with Crippen LogP contribution in [0.5, 0.6) is 0 Å². The number of carbonyl (C=O) groups excluding carboxylic acids is 2. The fourth-order valence-electron chi connectivity index (χ4n) is 2.86. The van der Waals surface area contributed by atoms with Crippen molar-refractivity contribution in [3.05, 3.63) is 45.5 Å². The van der Waals surface area contributed by atoms with E-state index in [0.717, 1.165) is 28.9 Å². The van der Waals surface area contributed by atoms with E-state index in [-0.39, 0.29) is 15.2 Å². The van der Waals surface area contributed by atoms with Crippen molar-refractivity contribution in [3.8, 4) is 0 Å². The molecule has 0 fully saturated rings. The first kappa shape index (κ1) is 26.4. The van der Waals surface area contributed by atoms with Gasteiger partial charge in [-0.25, -0.2) is 19.0 Å². The predicted molar refractivity (Wildman–Crippen MR) is 122 cm³/mol. The third kappa shape index (κ3) is 5.38. The van der Waals surface area contributed by atoms with Gasteiger partial charge in [0.15, 0.2) is 11.2 Å². The Balaban J connectivity index is 2.70. The van der Waals surface area contributed by atoms with Crippen LogP contribution < -0.4 is 0 Å². The molecule has 0 radical (unpaired) electrons. The van der Waals surface area contributed by atoms with Crippen molar-refractivity contribution in [2.75, 3.05) is 27.7 Å². The van der Waals surface area contributed by atoms with Gasteiger partial charge in [-0.15, -0.1) is 5.10 Å². The Bertz CT molecular complexity index is 1060. The average Bonchev–Trinajstić information content (AvgIpc) is 3.21. The number of amides is 2. The first-order valence-corrected chi connectivity index (χ1v) is 11.3. The van der Waals surface area contributed by atoms with Crippen LogP contribution in [0.3, 0.4) is 0 Å². The van der Waals surface area contributed by atoms with E-state index >= 15 is 4.39 Å². The molecule has 0 aliphatic rings. The third-order valence-corrected chi connectivity index (χ3v) is 7.20. The maximum Gasteiger partial charge on any atom is 0.346 e. The van der Waals surface area contributed by atoms with Gasteiger partial charge in [0, 0.05) is 25.6 Å². The molecule has 0 bridgehead atoms. The number of halogens is 1. The number of carbonyl (C=O) groups is 2. The van der Waals surface area contributed by atoms with Crippen molar-refractivity contribution in [1.29, 1.82) is 0 Å². The lowest BCUT2D eigenvalue weighted by atomic mass is 9.90. The van der Waals surface area contributed by atoms with Crippen molar-refractivity contribution in [2.45, 2.75) is 50.1 Å². The molecule has 0 spiro atoms. The van der Waals surface area contributed by atoms with Crippen molar-refractivity contribution >= 4 is 29.9 Å². The molecule has 10 nitrogen and oxygen atoms in total. The quantitative estimate of drug-likeness (QED) is 0.133. The second-order valence-corrected chi connectivity index (χ2v) is 9.79. The number of thioether (sulfide) groups is 1. The molecular weight excluding hydrogens is 451 g/mol. The van der Waals surface area contributed by atoms with Crippen LogP contribution in [-0.2, 0) is 10.2 Å². The zero-order chi connectivity index (χ0) is 25.1. The average molecular weight is 482 g/mol. The predicted octanol–water partition coefficient (Wildman–Crippen LogP) is 3.96. The SMILES string of the molecule is CCC(C)(C)c1nc(SC(c2ccc([N+](=O)[O-])cc2F)[N+](C)(C=O)CC)n(C(=O)N(C)C)n1. The van der Waals surface area contributed by atoms with Gasteiger partial charge < -0.3 is 4.90 Å².